The molecule has 0 spiro atoms. The molecule has 5 nitrogen and oxygen atoms in total. The zero-order chi connectivity index (χ0) is 10.3. The van der Waals surface area contributed by atoms with Gasteiger partial charge in [-0.2, -0.15) is 5.10 Å². The molecule has 2 rings (SSSR count). The summed E-state index contributed by atoms with van der Waals surface area (Å²) < 4.78 is 1.56. The Balaban J connectivity index is 2.59. The third-order valence-electron chi connectivity index (χ3n) is 2.63. The van der Waals surface area contributed by atoms with E-state index in [4.69, 9.17) is 5.11 Å². The van der Waals surface area contributed by atoms with Crippen molar-refractivity contribution in [2.75, 3.05) is 0 Å². The molecule has 1 aliphatic carbocycles. The fourth-order valence-electron chi connectivity index (χ4n) is 1.99. The second kappa shape index (κ2) is 3.09. The van der Waals surface area contributed by atoms with Crippen molar-refractivity contribution in [1.82, 2.24) is 9.78 Å². The lowest BCUT2D eigenvalue weighted by Crippen LogP contribution is -2.12. The Hall–Kier alpha value is -1.36. The van der Waals surface area contributed by atoms with Gasteiger partial charge in [-0.1, -0.05) is 0 Å². The van der Waals surface area contributed by atoms with E-state index in [-0.39, 0.29) is 5.69 Å². The van der Waals surface area contributed by atoms with Crippen LogP contribution in [0.1, 0.15) is 40.7 Å². The van der Waals surface area contributed by atoms with E-state index >= 15 is 0 Å². The summed E-state index contributed by atoms with van der Waals surface area (Å²) in [6.45, 7) is 0. The largest absolute Gasteiger partial charge is 0.476 e. The molecular weight excluding hydrogens is 184 g/mol. The van der Waals surface area contributed by atoms with Gasteiger partial charge in [0.05, 0.1) is 6.10 Å². The van der Waals surface area contributed by atoms with E-state index < -0.39 is 12.1 Å². The van der Waals surface area contributed by atoms with E-state index in [1.54, 1.807) is 11.7 Å². The van der Waals surface area contributed by atoms with Gasteiger partial charge in [-0.05, 0) is 19.3 Å². The average molecular weight is 196 g/mol. The molecule has 0 bridgehead atoms. The van der Waals surface area contributed by atoms with Crippen molar-refractivity contribution in [3.05, 3.63) is 17.0 Å². The van der Waals surface area contributed by atoms with Crippen molar-refractivity contribution in [2.45, 2.75) is 25.4 Å². The Morgan fingerprint density at radius 1 is 1.64 bits per heavy atom. The van der Waals surface area contributed by atoms with Crippen molar-refractivity contribution in [3.8, 4) is 0 Å². The molecular formula is C9H12N2O3. The van der Waals surface area contributed by atoms with Gasteiger partial charge in [0.15, 0.2) is 5.69 Å². The lowest BCUT2D eigenvalue weighted by Gasteiger charge is -2.18. The lowest BCUT2D eigenvalue weighted by molar-refractivity contribution is 0.0680. The summed E-state index contributed by atoms with van der Waals surface area (Å²) in [6.07, 6.45) is 1.63. The number of fused-ring (bicyclic) bond motifs is 1. The van der Waals surface area contributed by atoms with Crippen LogP contribution in [0.25, 0.3) is 0 Å². The second-order valence-corrected chi connectivity index (χ2v) is 3.55. The maximum atomic E-state index is 10.8. The minimum atomic E-state index is -1.07. The van der Waals surface area contributed by atoms with Crippen molar-refractivity contribution in [2.24, 2.45) is 7.05 Å². The number of rotatable bonds is 1. The highest BCUT2D eigenvalue weighted by Crippen LogP contribution is 2.31. The van der Waals surface area contributed by atoms with E-state index in [9.17, 15) is 9.90 Å². The number of aromatic carboxylic acids is 1. The number of hydrogen-bond acceptors (Lipinski definition) is 3. The van der Waals surface area contributed by atoms with E-state index in [1.165, 1.54) is 0 Å². The van der Waals surface area contributed by atoms with E-state index in [0.717, 1.165) is 18.5 Å². The van der Waals surface area contributed by atoms with E-state index in [2.05, 4.69) is 5.10 Å². The second-order valence-electron chi connectivity index (χ2n) is 3.55. The number of nitrogens with zero attached hydrogens (tertiary/aromatic N) is 2. The van der Waals surface area contributed by atoms with Gasteiger partial charge in [0.25, 0.3) is 0 Å². The van der Waals surface area contributed by atoms with Crippen LogP contribution in [-0.2, 0) is 13.5 Å². The summed E-state index contributed by atoms with van der Waals surface area (Å²) in [4.78, 5) is 10.8. The minimum absolute atomic E-state index is 0.00491. The van der Waals surface area contributed by atoms with Gasteiger partial charge in [-0.3, -0.25) is 4.68 Å². The summed E-state index contributed by atoms with van der Waals surface area (Å²) >= 11 is 0. The van der Waals surface area contributed by atoms with Gasteiger partial charge >= 0.3 is 5.97 Å². The van der Waals surface area contributed by atoms with Crippen molar-refractivity contribution in [1.29, 1.82) is 0 Å². The van der Waals surface area contributed by atoms with Gasteiger partial charge in [0.1, 0.15) is 0 Å². The maximum Gasteiger partial charge on any atom is 0.356 e. The van der Waals surface area contributed by atoms with Crippen LogP contribution in [0.4, 0.5) is 0 Å². The number of aliphatic hydroxyl groups is 1. The third kappa shape index (κ3) is 1.21. The Morgan fingerprint density at radius 2 is 2.36 bits per heavy atom. The maximum absolute atomic E-state index is 10.8. The van der Waals surface area contributed by atoms with Crippen LogP contribution in [0.15, 0.2) is 0 Å². The molecule has 0 saturated carbocycles. The highest BCUT2D eigenvalue weighted by molar-refractivity contribution is 5.87. The van der Waals surface area contributed by atoms with Crippen LogP contribution in [0.3, 0.4) is 0 Å². The highest BCUT2D eigenvalue weighted by atomic mass is 16.4. The van der Waals surface area contributed by atoms with Gasteiger partial charge < -0.3 is 10.2 Å². The molecule has 2 N–H and O–H groups in total. The normalized spacial score (nSPS) is 20.6. The Bertz CT molecular complexity index is 384. The number of carboxylic acids is 1. The van der Waals surface area contributed by atoms with Crippen LogP contribution in [0.2, 0.25) is 0 Å². The monoisotopic (exact) mass is 196 g/mol. The molecule has 1 aliphatic rings. The molecule has 0 saturated heterocycles. The smallest absolute Gasteiger partial charge is 0.356 e. The van der Waals surface area contributed by atoms with Gasteiger partial charge in [0.2, 0.25) is 0 Å². The first-order chi connectivity index (χ1) is 6.61. The first kappa shape index (κ1) is 9.21. The topological polar surface area (TPSA) is 75.4 Å². The summed E-state index contributed by atoms with van der Waals surface area (Å²) in [6, 6.07) is 0. The number of aromatic nitrogens is 2. The summed E-state index contributed by atoms with van der Waals surface area (Å²) in [5, 5.41) is 22.5. The number of aryl methyl sites for hydroxylation is 1. The van der Waals surface area contributed by atoms with Crippen LogP contribution < -0.4 is 0 Å². The van der Waals surface area contributed by atoms with Crippen molar-refractivity contribution in [3.63, 3.8) is 0 Å². The SMILES string of the molecule is Cn1nc(C(=O)O)c2c1CCCC2O. The van der Waals surface area contributed by atoms with Crippen LogP contribution in [-0.4, -0.2) is 26.0 Å². The Kier molecular flexibility index (Phi) is 2.03. The fourth-order valence-corrected chi connectivity index (χ4v) is 1.99. The number of carboxylic acid groups (broad SMARTS) is 1. The molecule has 0 radical (unpaired) electrons. The van der Waals surface area contributed by atoms with Crippen molar-refractivity contribution < 1.29 is 15.0 Å². The first-order valence-corrected chi connectivity index (χ1v) is 4.58. The zero-order valence-corrected chi connectivity index (χ0v) is 7.90. The predicted molar refractivity (Wildman–Crippen MR) is 48.1 cm³/mol. The number of hydrogen-bond donors (Lipinski definition) is 2. The minimum Gasteiger partial charge on any atom is -0.476 e. The Labute approximate surface area is 81.0 Å². The Morgan fingerprint density at radius 3 is 3.00 bits per heavy atom. The molecule has 1 unspecified atom stereocenters. The van der Waals surface area contributed by atoms with Crippen LogP contribution in [0, 0.1) is 0 Å². The molecule has 0 fully saturated rings. The molecule has 0 aliphatic heterocycles. The van der Waals surface area contributed by atoms with E-state index in [0.29, 0.717) is 12.0 Å². The zero-order valence-electron chi connectivity index (χ0n) is 7.90. The lowest BCUT2D eigenvalue weighted by atomic mass is 9.93. The molecule has 76 valence electrons. The first-order valence-electron chi connectivity index (χ1n) is 4.58. The van der Waals surface area contributed by atoms with E-state index in [1.807, 2.05) is 0 Å². The summed E-state index contributed by atoms with van der Waals surface area (Å²) in [7, 11) is 1.71. The average Bonchev–Trinajstić information content (AvgIpc) is 2.46. The quantitative estimate of drug-likeness (QED) is 0.685. The number of carbonyl (C=O) groups is 1. The highest BCUT2D eigenvalue weighted by Gasteiger charge is 2.29. The predicted octanol–water partition coefficient (Wildman–Crippen LogP) is 0.488. The molecule has 0 amide bonds. The fraction of sp³-hybridized carbons (Fsp3) is 0.556. The number of aliphatic hydroxyl groups excluding tert-OH is 1. The molecule has 5 heteroatoms. The molecule has 0 aromatic carbocycles. The van der Waals surface area contributed by atoms with Gasteiger partial charge in [0, 0.05) is 18.3 Å². The third-order valence-corrected chi connectivity index (χ3v) is 2.63. The van der Waals surface area contributed by atoms with Gasteiger partial charge in [-0.25, -0.2) is 4.79 Å². The van der Waals surface area contributed by atoms with Crippen LogP contribution >= 0.6 is 0 Å². The molecule has 1 aromatic rings. The molecule has 1 atom stereocenters. The summed E-state index contributed by atoms with van der Waals surface area (Å²) in [5.74, 6) is -1.07. The summed E-state index contributed by atoms with van der Waals surface area (Å²) in [5.41, 5.74) is 1.35. The molecule has 1 heterocycles. The van der Waals surface area contributed by atoms with Crippen molar-refractivity contribution >= 4 is 5.97 Å². The van der Waals surface area contributed by atoms with Crippen LogP contribution in [0.5, 0.6) is 0 Å². The standard InChI is InChI=1S/C9H12N2O3/c1-11-5-3-2-4-6(12)7(5)8(10-11)9(13)14/h6,12H,2-4H2,1H3,(H,13,14). The van der Waals surface area contributed by atoms with Gasteiger partial charge in [-0.15, -0.1) is 0 Å². The molecule has 14 heavy (non-hydrogen) atoms. The molecule has 1 aromatic heterocycles.